The standard InChI is InChI=1S/C15H17FN2/c1-18(10-12-5-3-2-4-6-12)11-13-7-8-15(17)14(16)9-13/h2-9H,10-11,17H2,1H3. The van der Waals surface area contributed by atoms with Gasteiger partial charge in [0, 0.05) is 13.1 Å². The average molecular weight is 244 g/mol. The summed E-state index contributed by atoms with van der Waals surface area (Å²) >= 11 is 0. The predicted octanol–water partition coefficient (Wildman–Crippen LogP) is 3.04. The molecule has 2 nitrogen and oxygen atoms in total. The summed E-state index contributed by atoms with van der Waals surface area (Å²) in [5, 5.41) is 0. The van der Waals surface area contributed by atoms with Crippen molar-refractivity contribution >= 4 is 5.69 Å². The maximum atomic E-state index is 13.3. The van der Waals surface area contributed by atoms with Crippen molar-refractivity contribution in [3.63, 3.8) is 0 Å². The van der Waals surface area contributed by atoms with Crippen LogP contribution in [0.2, 0.25) is 0 Å². The molecule has 0 spiro atoms. The molecule has 0 heterocycles. The van der Waals surface area contributed by atoms with Crippen LogP contribution in [-0.4, -0.2) is 11.9 Å². The Labute approximate surface area is 107 Å². The van der Waals surface area contributed by atoms with Gasteiger partial charge >= 0.3 is 0 Å². The van der Waals surface area contributed by atoms with Gasteiger partial charge in [-0.25, -0.2) is 4.39 Å². The summed E-state index contributed by atoms with van der Waals surface area (Å²) in [6, 6.07) is 15.2. The molecule has 0 aliphatic carbocycles. The highest BCUT2D eigenvalue weighted by Gasteiger charge is 2.04. The monoisotopic (exact) mass is 244 g/mol. The van der Waals surface area contributed by atoms with Crippen LogP contribution in [0.3, 0.4) is 0 Å². The minimum absolute atomic E-state index is 0.199. The quantitative estimate of drug-likeness (QED) is 0.838. The third-order valence-corrected chi connectivity index (χ3v) is 2.81. The van der Waals surface area contributed by atoms with Gasteiger partial charge in [0.15, 0.2) is 0 Å². The minimum atomic E-state index is -0.347. The Bertz CT molecular complexity index is 511. The van der Waals surface area contributed by atoms with Crippen LogP contribution < -0.4 is 5.73 Å². The molecule has 0 bridgehead atoms. The summed E-state index contributed by atoms with van der Waals surface area (Å²) in [4.78, 5) is 2.14. The van der Waals surface area contributed by atoms with Crippen LogP contribution >= 0.6 is 0 Å². The number of rotatable bonds is 4. The van der Waals surface area contributed by atoms with E-state index in [-0.39, 0.29) is 11.5 Å². The van der Waals surface area contributed by atoms with Crippen molar-refractivity contribution in [1.29, 1.82) is 0 Å². The summed E-state index contributed by atoms with van der Waals surface area (Å²) in [7, 11) is 2.02. The van der Waals surface area contributed by atoms with Crippen LogP contribution in [0, 0.1) is 5.82 Å². The average Bonchev–Trinajstić information content (AvgIpc) is 2.35. The lowest BCUT2D eigenvalue weighted by atomic mass is 10.1. The number of nitrogen functional groups attached to an aromatic ring is 1. The van der Waals surface area contributed by atoms with Crippen molar-refractivity contribution in [2.24, 2.45) is 0 Å². The van der Waals surface area contributed by atoms with E-state index < -0.39 is 0 Å². The van der Waals surface area contributed by atoms with E-state index in [4.69, 9.17) is 5.73 Å². The molecule has 0 aliphatic heterocycles. The number of nitrogens with two attached hydrogens (primary N) is 1. The first-order valence-corrected chi connectivity index (χ1v) is 5.91. The normalized spacial score (nSPS) is 10.8. The van der Waals surface area contributed by atoms with Crippen molar-refractivity contribution < 1.29 is 4.39 Å². The fourth-order valence-electron chi connectivity index (χ4n) is 1.93. The zero-order valence-electron chi connectivity index (χ0n) is 10.4. The Hall–Kier alpha value is -1.87. The molecule has 2 rings (SSSR count). The molecule has 2 N–H and O–H groups in total. The molecule has 0 amide bonds. The number of benzene rings is 2. The van der Waals surface area contributed by atoms with Crippen LogP contribution in [0.5, 0.6) is 0 Å². The van der Waals surface area contributed by atoms with Gasteiger partial charge in [0.2, 0.25) is 0 Å². The molecule has 0 fully saturated rings. The Kier molecular flexibility index (Phi) is 3.95. The molecular formula is C15H17FN2. The van der Waals surface area contributed by atoms with E-state index in [1.165, 1.54) is 11.6 Å². The largest absolute Gasteiger partial charge is 0.396 e. The van der Waals surface area contributed by atoms with Gasteiger partial charge in [-0.2, -0.15) is 0 Å². The molecule has 2 aromatic rings. The third kappa shape index (κ3) is 3.31. The molecule has 94 valence electrons. The second-order valence-corrected chi connectivity index (χ2v) is 4.51. The van der Waals surface area contributed by atoms with E-state index in [0.29, 0.717) is 6.54 Å². The maximum Gasteiger partial charge on any atom is 0.146 e. The summed E-state index contributed by atoms with van der Waals surface area (Å²) in [6.45, 7) is 1.54. The van der Waals surface area contributed by atoms with E-state index in [1.54, 1.807) is 6.07 Å². The summed E-state index contributed by atoms with van der Waals surface area (Å²) in [5.41, 5.74) is 7.83. The van der Waals surface area contributed by atoms with Gasteiger partial charge in [-0.15, -0.1) is 0 Å². The second-order valence-electron chi connectivity index (χ2n) is 4.51. The van der Waals surface area contributed by atoms with Gasteiger partial charge in [-0.3, -0.25) is 4.90 Å². The lowest BCUT2D eigenvalue weighted by molar-refractivity contribution is 0.318. The molecule has 3 heteroatoms. The van der Waals surface area contributed by atoms with E-state index >= 15 is 0 Å². The van der Waals surface area contributed by atoms with Crippen molar-refractivity contribution in [1.82, 2.24) is 4.90 Å². The summed E-state index contributed by atoms with van der Waals surface area (Å²) in [5.74, 6) is -0.347. The van der Waals surface area contributed by atoms with Crippen molar-refractivity contribution in [2.45, 2.75) is 13.1 Å². The van der Waals surface area contributed by atoms with Gasteiger partial charge in [-0.1, -0.05) is 36.4 Å². The van der Waals surface area contributed by atoms with Gasteiger partial charge in [0.1, 0.15) is 5.82 Å². The zero-order chi connectivity index (χ0) is 13.0. The third-order valence-electron chi connectivity index (χ3n) is 2.81. The Morgan fingerprint density at radius 1 is 1.00 bits per heavy atom. The van der Waals surface area contributed by atoms with Gasteiger partial charge < -0.3 is 5.73 Å². The lowest BCUT2D eigenvalue weighted by Crippen LogP contribution is -2.17. The number of hydrogen-bond donors (Lipinski definition) is 1. The van der Waals surface area contributed by atoms with Crippen molar-refractivity contribution in [3.05, 3.63) is 65.5 Å². The minimum Gasteiger partial charge on any atom is -0.396 e. The molecule has 0 atom stereocenters. The fraction of sp³-hybridized carbons (Fsp3) is 0.200. The van der Waals surface area contributed by atoms with Gasteiger partial charge in [-0.05, 0) is 30.3 Å². The Morgan fingerprint density at radius 3 is 2.33 bits per heavy atom. The Balaban J connectivity index is 1.99. The predicted molar refractivity (Wildman–Crippen MR) is 72.4 cm³/mol. The first-order chi connectivity index (χ1) is 8.65. The van der Waals surface area contributed by atoms with E-state index in [0.717, 1.165) is 12.1 Å². The number of hydrogen-bond acceptors (Lipinski definition) is 2. The smallest absolute Gasteiger partial charge is 0.146 e. The van der Waals surface area contributed by atoms with Crippen LogP contribution in [0.1, 0.15) is 11.1 Å². The van der Waals surface area contributed by atoms with Crippen molar-refractivity contribution in [2.75, 3.05) is 12.8 Å². The molecular weight excluding hydrogens is 227 g/mol. The topological polar surface area (TPSA) is 29.3 Å². The van der Waals surface area contributed by atoms with Crippen LogP contribution in [-0.2, 0) is 13.1 Å². The fourth-order valence-corrected chi connectivity index (χ4v) is 1.93. The molecule has 0 saturated heterocycles. The molecule has 2 aromatic carbocycles. The lowest BCUT2D eigenvalue weighted by Gasteiger charge is -2.17. The van der Waals surface area contributed by atoms with E-state index in [1.807, 2.05) is 31.3 Å². The van der Waals surface area contributed by atoms with E-state index in [9.17, 15) is 4.39 Å². The van der Waals surface area contributed by atoms with E-state index in [2.05, 4.69) is 17.0 Å². The highest BCUT2D eigenvalue weighted by molar-refractivity contribution is 5.41. The highest BCUT2D eigenvalue weighted by atomic mass is 19.1. The molecule has 0 unspecified atom stereocenters. The second kappa shape index (κ2) is 5.65. The van der Waals surface area contributed by atoms with Crippen LogP contribution in [0.15, 0.2) is 48.5 Å². The van der Waals surface area contributed by atoms with Crippen molar-refractivity contribution in [3.8, 4) is 0 Å². The highest BCUT2D eigenvalue weighted by Crippen LogP contribution is 2.14. The number of halogens is 1. The number of anilines is 1. The van der Waals surface area contributed by atoms with Crippen LogP contribution in [0.4, 0.5) is 10.1 Å². The van der Waals surface area contributed by atoms with Gasteiger partial charge in [0.05, 0.1) is 5.69 Å². The first kappa shape index (κ1) is 12.6. The molecule has 0 radical (unpaired) electrons. The molecule has 18 heavy (non-hydrogen) atoms. The maximum absolute atomic E-state index is 13.3. The Morgan fingerprint density at radius 2 is 1.67 bits per heavy atom. The van der Waals surface area contributed by atoms with Gasteiger partial charge in [0.25, 0.3) is 0 Å². The first-order valence-electron chi connectivity index (χ1n) is 5.91. The zero-order valence-corrected chi connectivity index (χ0v) is 10.4. The van der Waals surface area contributed by atoms with Crippen LogP contribution in [0.25, 0.3) is 0 Å². The summed E-state index contributed by atoms with van der Waals surface area (Å²) < 4.78 is 13.3. The summed E-state index contributed by atoms with van der Waals surface area (Å²) in [6.07, 6.45) is 0. The molecule has 0 aliphatic rings. The SMILES string of the molecule is CN(Cc1ccccc1)Cc1ccc(N)c(F)c1. The molecule has 0 saturated carbocycles. The molecule has 0 aromatic heterocycles. The number of nitrogens with zero attached hydrogens (tertiary/aromatic N) is 1.